The lowest BCUT2D eigenvalue weighted by molar-refractivity contribution is -0.107. The van der Waals surface area contributed by atoms with Crippen molar-refractivity contribution < 1.29 is 17.6 Å². The highest BCUT2D eigenvalue weighted by molar-refractivity contribution is 7.92. The van der Waals surface area contributed by atoms with E-state index in [9.17, 15) is 17.6 Å². The van der Waals surface area contributed by atoms with E-state index in [0.717, 1.165) is 4.31 Å². The van der Waals surface area contributed by atoms with Crippen molar-refractivity contribution in [2.24, 2.45) is 5.84 Å². The largest absolute Gasteiger partial charge is 0.277 e. The van der Waals surface area contributed by atoms with Crippen LogP contribution in [-0.4, -0.2) is 21.4 Å². The first kappa shape index (κ1) is 20.2. The second kappa shape index (κ2) is 8.48. The van der Waals surface area contributed by atoms with Gasteiger partial charge in [0.15, 0.2) is 5.82 Å². The Morgan fingerprint density at radius 1 is 1.19 bits per heavy atom. The number of halogens is 2. The Morgan fingerprint density at radius 2 is 1.85 bits per heavy atom. The maximum absolute atomic E-state index is 14.5. The first-order chi connectivity index (χ1) is 12.3. The highest BCUT2D eigenvalue weighted by Crippen LogP contribution is 2.37. The van der Waals surface area contributed by atoms with Crippen molar-refractivity contribution in [1.29, 1.82) is 0 Å². The second-order valence-corrected chi connectivity index (χ2v) is 7.76. The molecule has 6 nitrogen and oxygen atoms in total. The number of amides is 1. The number of nitrogens with two attached hydrogens (primary N) is 1. The summed E-state index contributed by atoms with van der Waals surface area (Å²) in [5.74, 6) is 4.59. The summed E-state index contributed by atoms with van der Waals surface area (Å²) in [6.07, 6.45) is 1.43. The number of unbranched alkanes of at least 4 members (excludes halogenated alkanes) is 1. The van der Waals surface area contributed by atoms with E-state index in [1.54, 1.807) is 18.2 Å². The summed E-state index contributed by atoms with van der Waals surface area (Å²) in [7, 11) is -3.99. The third kappa shape index (κ3) is 3.98. The van der Waals surface area contributed by atoms with Crippen molar-refractivity contribution in [3.8, 4) is 0 Å². The fourth-order valence-corrected chi connectivity index (χ4v) is 4.10. The fraction of sp³-hybridized carbons (Fsp3) is 0.235. The molecule has 0 spiro atoms. The third-order valence-electron chi connectivity index (χ3n) is 3.73. The molecule has 0 heterocycles. The highest BCUT2D eigenvalue weighted by Gasteiger charge is 2.29. The monoisotopic (exact) mass is 399 g/mol. The Morgan fingerprint density at radius 3 is 2.42 bits per heavy atom. The standard InChI is InChI=1S/C17H19ClFN3O3S/c1-2-3-11-22(26(24,25)13-7-5-4-6-8-13)15-10-9-14(18)16(19)17(15)21(20)12-23/h4-10,12H,2-3,11,20H2,1H3. The summed E-state index contributed by atoms with van der Waals surface area (Å²) in [5.41, 5.74) is -0.457. The van der Waals surface area contributed by atoms with Gasteiger partial charge in [0, 0.05) is 6.54 Å². The number of carbonyl (C=O) groups is 1. The lowest BCUT2D eigenvalue weighted by Crippen LogP contribution is -2.36. The molecule has 0 unspecified atom stereocenters. The van der Waals surface area contributed by atoms with E-state index < -0.39 is 21.5 Å². The molecule has 0 saturated heterocycles. The molecule has 0 radical (unpaired) electrons. The molecule has 0 bridgehead atoms. The van der Waals surface area contributed by atoms with Gasteiger partial charge in [-0.3, -0.25) is 9.10 Å². The smallest absolute Gasteiger partial charge is 0.264 e. The van der Waals surface area contributed by atoms with Crippen LogP contribution in [0.1, 0.15) is 19.8 Å². The Kier molecular flexibility index (Phi) is 6.57. The van der Waals surface area contributed by atoms with E-state index in [-0.39, 0.29) is 28.6 Å². The summed E-state index contributed by atoms with van der Waals surface area (Å²) in [6.45, 7) is 1.99. The van der Waals surface area contributed by atoms with Crippen LogP contribution >= 0.6 is 11.6 Å². The van der Waals surface area contributed by atoms with Crippen LogP contribution in [0.15, 0.2) is 47.4 Å². The first-order valence-electron chi connectivity index (χ1n) is 7.89. The second-order valence-electron chi connectivity index (χ2n) is 5.49. The van der Waals surface area contributed by atoms with E-state index in [2.05, 4.69) is 0 Å². The highest BCUT2D eigenvalue weighted by atomic mass is 35.5. The van der Waals surface area contributed by atoms with Crippen LogP contribution in [0.5, 0.6) is 0 Å². The van der Waals surface area contributed by atoms with Crippen molar-refractivity contribution in [3.05, 3.63) is 53.3 Å². The number of rotatable bonds is 8. The van der Waals surface area contributed by atoms with E-state index in [4.69, 9.17) is 17.4 Å². The number of benzene rings is 2. The Hall–Kier alpha value is -2.16. The molecule has 0 aliphatic heterocycles. The molecule has 0 aromatic heterocycles. The molecule has 140 valence electrons. The fourth-order valence-electron chi connectivity index (χ4n) is 2.42. The van der Waals surface area contributed by atoms with Crippen LogP contribution in [0.3, 0.4) is 0 Å². The number of nitrogens with zero attached hydrogens (tertiary/aromatic N) is 2. The first-order valence-corrected chi connectivity index (χ1v) is 9.71. The van der Waals surface area contributed by atoms with Crippen molar-refractivity contribution in [1.82, 2.24) is 0 Å². The van der Waals surface area contributed by atoms with Gasteiger partial charge in [0.2, 0.25) is 6.41 Å². The normalized spacial score (nSPS) is 11.2. The van der Waals surface area contributed by atoms with Crippen LogP contribution in [0.2, 0.25) is 5.02 Å². The average molecular weight is 400 g/mol. The van der Waals surface area contributed by atoms with Gasteiger partial charge in [-0.1, -0.05) is 43.1 Å². The molecular weight excluding hydrogens is 381 g/mol. The summed E-state index contributed by atoms with van der Waals surface area (Å²) in [6, 6.07) is 10.3. The van der Waals surface area contributed by atoms with Crippen LogP contribution in [-0.2, 0) is 14.8 Å². The molecular formula is C17H19ClFN3O3S. The van der Waals surface area contributed by atoms with Gasteiger partial charge < -0.3 is 0 Å². The summed E-state index contributed by atoms with van der Waals surface area (Å²) >= 11 is 5.79. The number of hydrogen-bond acceptors (Lipinski definition) is 4. The molecule has 1 amide bonds. The molecule has 0 saturated carbocycles. The average Bonchev–Trinajstić information content (AvgIpc) is 2.65. The molecule has 0 fully saturated rings. The van der Waals surface area contributed by atoms with Gasteiger partial charge in [0.05, 0.1) is 15.6 Å². The van der Waals surface area contributed by atoms with Gasteiger partial charge in [-0.25, -0.2) is 23.7 Å². The van der Waals surface area contributed by atoms with Crippen molar-refractivity contribution in [2.75, 3.05) is 15.9 Å². The van der Waals surface area contributed by atoms with Gasteiger partial charge in [-0.05, 0) is 30.7 Å². The minimum atomic E-state index is -3.99. The zero-order chi connectivity index (χ0) is 19.3. The van der Waals surface area contributed by atoms with Gasteiger partial charge in [0.1, 0.15) is 5.69 Å². The van der Waals surface area contributed by atoms with Crippen LogP contribution < -0.4 is 15.2 Å². The number of carbonyl (C=O) groups excluding carboxylic acids is 1. The van der Waals surface area contributed by atoms with Gasteiger partial charge in [0.25, 0.3) is 10.0 Å². The van der Waals surface area contributed by atoms with Gasteiger partial charge in [-0.2, -0.15) is 0 Å². The van der Waals surface area contributed by atoms with E-state index >= 15 is 0 Å². The maximum Gasteiger partial charge on any atom is 0.264 e. The molecule has 2 rings (SSSR count). The van der Waals surface area contributed by atoms with Gasteiger partial charge in [-0.15, -0.1) is 0 Å². The molecule has 0 aliphatic rings. The quantitative estimate of drug-likeness (QED) is 0.319. The van der Waals surface area contributed by atoms with Crippen LogP contribution in [0, 0.1) is 5.82 Å². The van der Waals surface area contributed by atoms with E-state index in [0.29, 0.717) is 17.9 Å². The van der Waals surface area contributed by atoms with Crippen LogP contribution in [0.25, 0.3) is 0 Å². The minimum absolute atomic E-state index is 0.0482. The molecule has 2 aromatic carbocycles. The molecule has 2 aromatic rings. The SMILES string of the molecule is CCCCN(c1ccc(Cl)c(F)c1N(N)C=O)S(=O)(=O)c1ccccc1. The third-order valence-corrected chi connectivity index (χ3v) is 5.85. The maximum atomic E-state index is 14.5. The van der Waals surface area contributed by atoms with Crippen molar-refractivity contribution in [3.63, 3.8) is 0 Å². The number of hydrazine groups is 1. The lowest BCUT2D eigenvalue weighted by Gasteiger charge is -2.28. The van der Waals surface area contributed by atoms with E-state index in [1.165, 1.54) is 24.3 Å². The molecule has 0 aliphatic carbocycles. The summed E-state index contributed by atoms with van der Waals surface area (Å²) < 4.78 is 41.8. The molecule has 26 heavy (non-hydrogen) atoms. The van der Waals surface area contributed by atoms with Crippen molar-refractivity contribution >= 4 is 39.4 Å². The molecule has 0 atom stereocenters. The lowest BCUT2D eigenvalue weighted by atomic mass is 10.2. The molecule has 9 heteroatoms. The predicted octanol–water partition coefficient (Wildman–Crippen LogP) is 3.31. The minimum Gasteiger partial charge on any atom is -0.277 e. The summed E-state index contributed by atoms with van der Waals surface area (Å²) in [4.78, 5) is 11.1. The van der Waals surface area contributed by atoms with E-state index in [1.807, 2.05) is 6.92 Å². The number of sulfonamides is 1. The predicted molar refractivity (Wildman–Crippen MR) is 100 cm³/mol. The zero-order valence-electron chi connectivity index (χ0n) is 14.1. The number of hydrogen-bond donors (Lipinski definition) is 1. The van der Waals surface area contributed by atoms with Gasteiger partial charge >= 0.3 is 0 Å². The Labute approximate surface area is 157 Å². The number of anilines is 2. The topological polar surface area (TPSA) is 83.7 Å². The Bertz CT molecular complexity index is 878. The Balaban J connectivity index is 2.69. The van der Waals surface area contributed by atoms with Crippen molar-refractivity contribution in [2.45, 2.75) is 24.7 Å². The van der Waals surface area contributed by atoms with Crippen LogP contribution in [0.4, 0.5) is 15.8 Å². The molecule has 2 N–H and O–H groups in total. The summed E-state index contributed by atoms with van der Waals surface area (Å²) in [5, 5.41) is 0.212. The zero-order valence-corrected chi connectivity index (χ0v) is 15.7.